The van der Waals surface area contributed by atoms with E-state index in [-0.39, 0.29) is 16.3 Å². The zero-order valence-electron chi connectivity index (χ0n) is 9.59. The third-order valence-electron chi connectivity index (χ3n) is 2.37. The largest absolute Gasteiger partial charge is 0.397 e. The van der Waals surface area contributed by atoms with Crippen LogP contribution < -0.4 is 10.5 Å². The molecule has 1 aromatic carbocycles. The zero-order valence-corrected chi connectivity index (χ0v) is 10.4. The quantitative estimate of drug-likeness (QED) is 0.830. The maximum Gasteiger partial charge on any atom is 0.263 e. The molecule has 0 fully saturated rings. The summed E-state index contributed by atoms with van der Waals surface area (Å²) in [5, 5.41) is 0. The van der Waals surface area contributed by atoms with Crippen LogP contribution >= 0.6 is 0 Å². The predicted molar refractivity (Wildman–Crippen MR) is 67.0 cm³/mol. The molecule has 0 aliphatic rings. The van der Waals surface area contributed by atoms with Gasteiger partial charge in [-0.15, -0.1) is 0 Å². The standard InChI is InChI=1S/C11H12FN3O2S/c1-15-5-4-9(7-15)18(16,17)14-11-6-8(12)2-3-10(11)13/h2-7,14H,13H2,1H3. The Hall–Kier alpha value is -2.02. The van der Waals surface area contributed by atoms with E-state index in [1.54, 1.807) is 17.8 Å². The molecule has 0 saturated carbocycles. The molecule has 2 rings (SSSR count). The minimum Gasteiger partial charge on any atom is -0.397 e. The predicted octanol–water partition coefficient (Wildman–Crippen LogP) is 1.55. The van der Waals surface area contributed by atoms with Gasteiger partial charge in [0.2, 0.25) is 0 Å². The molecule has 96 valence electrons. The lowest BCUT2D eigenvalue weighted by Crippen LogP contribution is -2.13. The van der Waals surface area contributed by atoms with Crippen LogP contribution in [0, 0.1) is 5.82 Å². The van der Waals surface area contributed by atoms with Gasteiger partial charge in [0, 0.05) is 25.5 Å². The monoisotopic (exact) mass is 269 g/mol. The van der Waals surface area contributed by atoms with Crippen molar-refractivity contribution in [2.45, 2.75) is 4.90 Å². The average Bonchev–Trinajstić information content (AvgIpc) is 2.71. The summed E-state index contributed by atoms with van der Waals surface area (Å²) in [5.74, 6) is -0.560. The van der Waals surface area contributed by atoms with Crippen LogP contribution in [0.15, 0.2) is 41.6 Å². The lowest BCUT2D eigenvalue weighted by Gasteiger charge is -2.09. The van der Waals surface area contributed by atoms with E-state index < -0.39 is 15.8 Å². The van der Waals surface area contributed by atoms with Crippen molar-refractivity contribution in [2.24, 2.45) is 7.05 Å². The second kappa shape index (κ2) is 4.34. The van der Waals surface area contributed by atoms with E-state index in [0.29, 0.717) is 0 Å². The van der Waals surface area contributed by atoms with Crippen LogP contribution in [0.25, 0.3) is 0 Å². The van der Waals surface area contributed by atoms with Crippen molar-refractivity contribution in [1.82, 2.24) is 4.57 Å². The van der Waals surface area contributed by atoms with Gasteiger partial charge in [-0.05, 0) is 18.2 Å². The number of rotatable bonds is 3. The summed E-state index contributed by atoms with van der Waals surface area (Å²) in [7, 11) is -2.05. The molecule has 1 aromatic heterocycles. The van der Waals surface area contributed by atoms with Gasteiger partial charge in [0.15, 0.2) is 0 Å². The molecule has 5 nitrogen and oxygen atoms in total. The number of nitrogens with one attached hydrogen (secondary N) is 1. The molecule has 0 atom stereocenters. The number of sulfonamides is 1. The summed E-state index contributed by atoms with van der Waals surface area (Å²) in [6.07, 6.45) is 3.04. The first-order valence-electron chi connectivity index (χ1n) is 5.08. The van der Waals surface area contributed by atoms with E-state index in [0.717, 1.165) is 12.1 Å². The number of halogens is 1. The Kier molecular flexibility index (Phi) is 3.00. The lowest BCUT2D eigenvalue weighted by atomic mass is 10.3. The highest BCUT2D eigenvalue weighted by atomic mass is 32.2. The molecular formula is C11H12FN3O2S. The number of aromatic nitrogens is 1. The molecule has 0 unspecified atom stereocenters. The third kappa shape index (κ3) is 2.45. The van der Waals surface area contributed by atoms with Crippen molar-refractivity contribution < 1.29 is 12.8 Å². The summed E-state index contributed by atoms with van der Waals surface area (Å²) >= 11 is 0. The number of anilines is 2. The number of nitrogen functional groups attached to an aromatic ring is 1. The van der Waals surface area contributed by atoms with Crippen molar-refractivity contribution in [3.05, 3.63) is 42.5 Å². The SMILES string of the molecule is Cn1ccc(S(=O)(=O)Nc2cc(F)ccc2N)c1. The fourth-order valence-corrected chi connectivity index (χ4v) is 2.59. The Morgan fingerprint density at radius 3 is 2.67 bits per heavy atom. The van der Waals surface area contributed by atoms with Crippen molar-refractivity contribution in [3.8, 4) is 0 Å². The second-order valence-electron chi connectivity index (χ2n) is 3.85. The Morgan fingerprint density at radius 2 is 2.06 bits per heavy atom. The van der Waals surface area contributed by atoms with Gasteiger partial charge in [0.1, 0.15) is 10.7 Å². The van der Waals surface area contributed by atoms with Crippen LogP contribution in [-0.4, -0.2) is 13.0 Å². The van der Waals surface area contributed by atoms with E-state index in [1.807, 2.05) is 0 Å². The Labute approximate surface area is 104 Å². The number of aryl methyl sites for hydroxylation is 1. The fraction of sp³-hybridized carbons (Fsp3) is 0.0909. The van der Waals surface area contributed by atoms with Crippen molar-refractivity contribution in [2.75, 3.05) is 10.5 Å². The number of nitrogens with zero attached hydrogens (tertiary/aromatic N) is 1. The molecule has 0 spiro atoms. The first-order valence-corrected chi connectivity index (χ1v) is 6.56. The normalized spacial score (nSPS) is 11.4. The Morgan fingerprint density at radius 1 is 1.33 bits per heavy atom. The van der Waals surface area contributed by atoms with E-state index in [4.69, 9.17) is 5.73 Å². The van der Waals surface area contributed by atoms with Gasteiger partial charge in [0.05, 0.1) is 11.4 Å². The van der Waals surface area contributed by atoms with E-state index in [1.165, 1.54) is 18.3 Å². The van der Waals surface area contributed by atoms with E-state index >= 15 is 0 Å². The van der Waals surface area contributed by atoms with Crippen LogP contribution in [0.5, 0.6) is 0 Å². The lowest BCUT2D eigenvalue weighted by molar-refractivity contribution is 0.601. The molecule has 2 aromatic rings. The van der Waals surface area contributed by atoms with E-state index in [9.17, 15) is 12.8 Å². The van der Waals surface area contributed by atoms with Crippen LogP contribution in [0.2, 0.25) is 0 Å². The van der Waals surface area contributed by atoms with Gasteiger partial charge in [0.25, 0.3) is 10.0 Å². The van der Waals surface area contributed by atoms with E-state index in [2.05, 4.69) is 4.72 Å². The molecule has 3 N–H and O–H groups in total. The zero-order chi connectivity index (χ0) is 13.3. The first kappa shape index (κ1) is 12.4. The highest BCUT2D eigenvalue weighted by Crippen LogP contribution is 2.23. The number of hydrogen-bond donors (Lipinski definition) is 2. The van der Waals surface area contributed by atoms with Crippen molar-refractivity contribution in [3.63, 3.8) is 0 Å². The second-order valence-corrected chi connectivity index (χ2v) is 5.53. The van der Waals surface area contributed by atoms with Crippen LogP contribution in [0.3, 0.4) is 0 Å². The molecular weight excluding hydrogens is 257 g/mol. The number of benzene rings is 1. The first-order chi connectivity index (χ1) is 8.38. The van der Waals surface area contributed by atoms with Crippen molar-refractivity contribution >= 4 is 21.4 Å². The Bertz CT molecular complexity index is 679. The summed E-state index contributed by atoms with van der Waals surface area (Å²) in [6.45, 7) is 0. The van der Waals surface area contributed by atoms with Gasteiger partial charge in [-0.25, -0.2) is 12.8 Å². The molecule has 7 heteroatoms. The molecule has 18 heavy (non-hydrogen) atoms. The maximum atomic E-state index is 13.0. The minimum atomic E-state index is -3.75. The van der Waals surface area contributed by atoms with Crippen LogP contribution in [0.4, 0.5) is 15.8 Å². The van der Waals surface area contributed by atoms with Gasteiger partial charge < -0.3 is 10.3 Å². The fourth-order valence-electron chi connectivity index (χ4n) is 1.46. The average molecular weight is 269 g/mol. The molecule has 0 amide bonds. The van der Waals surface area contributed by atoms with Gasteiger partial charge in [-0.2, -0.15) is 0 Å². The summed E-state index contributed by atoms with van der Waals surface area (Å²) < 4.78 is 40.8. The number of hydrogen-bond acceptors (Lipinski definition) is 3. The molecule has 1 heterocycles. The summed E-state index contributed by atoms with van der Waals surface area (Å²) in [5.41, 5.74) is 5.77. The smallest absolute Gasteiger partial charge is 0.263 e. The maximum absolute atomic E-state index is 13.0. The summed E-state index contributed by atoms with van der Waals surface area (Å²) in [6, 6.07) is 4.95. The van der Waals surface area contributed by atoms with Gasteiger partial charge in [-0.3, -0.25) is 4.72 Å². The third-order valence-corrected chi connectivity index (χ3v) is 3.73. The molecule has 0 saturated heterocycles. The topological polar surface area (TPSA) is 77.1 Å². The molecule has 0 aliphatic heterocycles. The van der Waals surface area contributed by atoms with Crippen LogP contribution in [0.1, 0.15) is 0 Å². The molecule has 0 aliphatic carbocycles. The minimum absolute atomic E-state index is 0.0267. The van der Waals surface area contributed by atoms with Crippen molar-refractivity contribution in [1.29, 1.82) is 0 Å². The highest BCUT2D eigenvalue weighted by molar-refractivity contribution is 7.92. The molecule has 0 radical (unpaired) electrons. The number of nitrogens with two attached hydrogens (primary N) is 1. The summed E-state index contributed by atoms with van der Waals surface area (Å²) in [4.78, 5) is 0.0914. The Balaban J connectivity index is 2.36. The van der Waals surface area contributed by atoms with Gasteiger partial charge in [-0.1, -0.05) is 0 Å². The van der Waals surface area contributed by atoms with Crippen LogP contribution in [-0.2, 0) is 17.1 Å². The highest BCUT2D eigenvalue weighted by Gasteiger charge is 2.16. The molecule has 0 bridgehead atoms. The van der Waals surface area contributed by atoms with Gasteiger partial charge >= 0.3 is 0 Å².